The molecule has 2 aromatic rings. The Morgan fingerprint density at radius 1 is 1.11 bits per heavy atom. The largest absolute Gasteiger partial charge is 0.497 e. The predicted molar refractivity (Wildman–Crippen MR) is 134 cm³/mol. The third-order valence-corrected chi connectivity index (χ3v) is 7.86. The summed E-state index contributed by atoms with van der Waals surface area (Å²) in [5.74, 6) is 0.172. The van der Waals surface area contributed by atoms with Crippen LogP contribution in [0.4, 0.5) is 0 Å². The third kappa shape index (κ3) is 4.99. The Balaban J connectivity index is 1.30. The number of benzene rings is 2. The van der Waals surface area contributed by atoms with Crippen LogP contribution < -0.4 is 10.1 Å². The summed E-state index contributed by atoms with van der Waals surface area (Å²) in [6.45, 7) is 0.699. The van der Waals surface area contributed by atoms with Gasteiger partial charge >= 0.3 is 5.97 Å². The van der Waals surface area contributed by atoms with Gasteiger partial charge in [-0.15, -0.1) is 11.8 Å². The number of fused-ring (bicyclic) bond motifs is 1. The predicted octanol–water partition coefficient (Wildman–Crippen LogP) is 2.81. The van der Waals surface area contributed by atoms with Gasteiger partial charge in [-0.05, 0) is 41.7 Å². The summed E-state index contributed by atoms with van der Waals surface area (Å²) < 4.78 is 16.7. The van der Waals surface area contributed by atoms with Crippen molar-refractivity contribution in [3.8, 4) is 5.75 Å². The van der Waals surface area contributed by atoms with E-state index in [0.29, 0.717) is 18.1 Å². The maximum absolute atomic E-state index is 13.3. The van der Waals surface area contributed by atoms with E-state index in [1.807, 2.05) is 42.5 Å². The first-order valence-corrected chi connectivity index (χ1v) is 13.0. The Morgan fingerprint density at radius 3 is 2.58 bits per heavy atom. The number of esters is 1. The van der Waals surface area contributed by atoms with Crippen LogP contribution in [0.2, 0.25) is 0 Å². The van der Waals surface area contributed by atoms with Gasteiger partial charge in [-0.3, -0.25) is 14.5 Å². The number of rotatable bonds is 8. The van der Waals surface area contributed by atoms with Crippen molar-refractivity contribution < 1.29 is 28.6 Å². The molecule has 36 heavy (non-hydrogen) atoms. The molecule has 3 aliphatic rings. The van der Waals surface area contributed by atoms with Crippen molar-refractivity contribution in [3.05, 3.63) is 77.0 Å². The van der Waals surface area contributed by atoms with Gasteiger partial charge < -0.3 is 19.5 Å². The maximum atomic E-state index is 13.3. The first-order chi connectivity index (χ1) is 17.5. The molecule has 2 fully saturated rings. The van der Waals surface area contributed by atoms with E-state index in [1.54, 1.807) is 19.2 Å². The average Bonchev–Trinajstić information content (AvgIpc) is 3.45. The molecule has 2 amide bonds. The molecule has 1 N–H and O–H groups in total. The second kappa shape index (κ2) is 10.8. The number of hydrogen-bond acceptors (Lipinski definition) is 7. The smallest absolute Gasteiger partial charge is 0.355 e. The number of carbonyl (C=O) groups excluding carboxylic acids is 3. The minimum Gasteiger partial charge on any atom is -0.497 e. The van der Waals surface area contributed by atoms with E-state index in [0.717, 1.165) is 29.5 Å². The minimum absolute atomic E-state index is 0.0716. The lowest BCUT2D eigenvalue weighted by molar-refractivity contribution is -0.153. The van der Waals surface area contributed by atoms with E-state index in [2.05, 4.69) is 5.32 Å². The molecule has 0 saturated carbocycles. The van der Waals surface area contributed by atoms with Gasteiger partial charge in [0.2, 0.25) is 5.91 Å². The van der Waals surface area contributed by atoms with Gasteiger partial charge in [0.25, 0.3) is 5.91 Å². The fourth-order valence-corrected chi connectivity index (χ4v) is 6.08. The molecule has 0 aromatic heterocycles. The van der Waals surface area contributed by atoms with Crippen LogP contribution >= 0.6 is 11.8 Å². The van der Waals surface area contributed by atoms with Crippen molar-refractivity contribution >= 4 is 29.5 Å². The van der Waals surface area contributed by atoms with Crippen molar-refractivity contribution in [1.29, 1.82) is 0 Å². The molecule has 2 saturated heterocycles. The highest BCUT2D eigenvalue weighted by atomic mass is 32.2. The molecule has 3 aliphatic heterocycles. The summed E-state index contributed by atoms with van der Waals surface area (Å²) in [6.07, 6.45) is 1.69. The number of carbonyl (C=O) groups is 3. The van der Waals surface area contributed by atoms with Gasteiger partial charge in [-0.1, -0.05) is 42.5 Å². The Bertz CT molecular complexity index is 1160. The zero-order valence-corrected chi connectivity index (χ0v) is 20.8. The van der Waals surface area contributed by atoms with Crippen LogP contribution in [0.3, 0.4) is 0 Å². The molecule has 0 unspecified atom stereocenters. The molecular formula is C27H28N2O6S. The van der Waals surface area contributed by atoms with Gasteiger partial charge in [0.15, 0.2) is 0 Å². The number of ether oxygens (including phenoxy) is 3. The van der Waals surface area contributed by atoms with E-state index in [4.69, 9.17) is 14.2 Å². The molecule has 0 aliphatic carbocycles. The van der Waals surface area contributed by atoms with Crippen molar-refractivity contribution in [2.24, 2.45) is 0 Å². The summed E-state index contributed by atoms with van der Waals surface area (Å²) in [4.78, 5) is 40.6. The van der Waals surface area contributed by atoms with E-state index in [1.165, 1.54) is 16.7 Å². The molecule has 188 valence electrons. The summed E-state index contributed by atoms with van der Waals surface area (Å²) in [5, 5.41) is 2.50. The van der Waals surface area contributed by atoms with E-state index in [-0.39, 0.29) is 42.0 Å². The van der Waals surface area contributed by atoms with Crippen LogP contribution in [0.5, 0.6) is 5.75 Å². The zero-order valence-electron chi connectivity index (χ0n) is 20.0. The Kier molecular flexibility index (Phi) is 7.29. The fraction of sp³-hybridized carbons (Fsp3) is 0.370. The molecule has 5 rings (SSSR count). The topological polar surface area (TPSA) is 94.2 Å². The standard InChI is InChI=1S/C27H28N2O6S/c1-33-19-11-9-18(10-12-19)15-35-27(32)24-20(21-8-5-13-34-21)16-36-26-23(25(31)29(24)26)28-22(30)14-17-6-3-2-4-7-17/h2-4,6-7,9-12,21,23,26H,5,8,13-16H2,1H3,(H,28,30)/t21-,23-,26-/m1/s1. The third-order valence-electron chi connectivity index (χ3n) is 6.56. The van der Waals surface area contributed by atoms with Crippen LogP contribution in [0.15, 0.2) is 65.9 Å². The van der Waals surface area contributed by atoms with Crippen LogP contribution in [0.25, 0.3) is 0 Å². The van der Waals surface area contributed by atoms with E-state index >= 15 is 0 Å². The molecule has 3 heterocycles. The molecule has 3 atom stereocenters. The lowest BCUT2D eigenvalue weighted by atomic mass is 9.99. The molecule has 0 spiro atoms. The fourth-order valence-electron chi connectivity index (χ4n) is 4.68. The number of hydrogen-bond donors (Lipinski definition) is 1. The highest BCUT2D eigenvalue weighted by molar-refractivity contribution is 8.00. The van der Waals surface area contributed by atoms with Crippen molar-refractivity contribution in [2.45, 2.75) is 43.4 Å². The van der Waals surface area contributed by atoms with Gasteiger partial charge in [0, 0.05) is 12.4 Å². The van der Waals surface area contributed by atoms with Crippen molar-refractivity contribution in [1.82, 2.24) is 10.2 Å². The summed E-state index contributed by atoms with van der Waals surface area (Å²) in [5.41, 5.74) is 2.73. The van der Waals surface area contributed by atoms with Crippen LogP contribution in [0, 0.1) is 0 Å². The Morgan fingerprint density at radius 2 is 1.89 bits per heavy atom. The van der Waals surface area contributed by atoms with E-state index < -0.39 is 12.0 Å². The van der Waals surface area contributed by atoms with Crippen molar-refractivity contribution in [3.63, 3.8) is 0 Å². The highest BCUT2D eigenvalue weighted by Gasteiger charge is 2.55. The first kappa shape index (κ1) is 24.4. The Labute approximate surface area is 214 Å². The second-order valence-electron chi connectivity index (χ2n) is 8.92. The van der Waals surface area contributed by atoms with Crippen LogP contribution in [0.1, 0.15) is 24.0 Å². The molecule has 8 nitrogen and oxygen atoms in total. The second-order valence-corrected chi connectivity index (χ2v) is 10.0. The van der Waals surface area contributed by atoms with Gasteiger partial charge in [0.05, 0.1) is 19.6 Å². The van der Waals surface area contributed by atoms with E-state index in [9.17, 15) is 14.4 Å². The maximum Gasteiger partial charge on any atom is 0.355 e. The summed E-state index contributed by atoms with van der Waals surface area (Å²) in [6, 6.07) is 16.0. The van der Waals surface area contributed by atoms with Gasteiger partial charge in [-0.25, -0.2) is 4.79 Å². The normalized spacial score (nSPS) is 23.1. The minimum atomic E-state index is -0.679. The first-order valence-electron chi connectivity index (χ1n) is 12.0. The lowest BCUT2D eigenvalue weighted by Gasteiger charge is -2.50. The van der Waals surface area contributed by atoms with Gasteiger partial charge in [0.1, 0.15) is 29.5 Å². The number of amides is 2. The van der Waals surface area contributed by atoms with Gasteiger partial charge in [-0.2, -0.15) is 0 Å². The van der Waals surface area contributed by atoms with Crippen LogP contribution in [-0.4, -0.2) is 59.7 Å². The molecular weight excluding hydrogens is 480 g/mol. The summed E-state index contributed by atoms with van der Waals surface area (Å²) in [7, 11) is 1.59. The Hall–Kier alpha value is -3.30. The van der Waals surface area contributed by atoms with Crippen molar-refractivity contribution in [2.75, 3.05) is 19.5 Å². The number of nitrogens with one attached hydrogen (secondary N) is 1. The lowest BCUT2D eigenvalue weighted by Crippen LogP contribution is -2.71. The highest BCUT2D eigenvalue weighted by Crippen LogP contribution is 2.43. The number of β-lactam (4-membered cyclic amide) rings is 1. The van der Waals surface area contributed by atoms with Crippen LogP contribution in [-0.2, 0) is 36.9 Å². The quantitative estimate of drug-likeness (QED) is 0.433. The monoisotopic (exact) mass is 508 g/mol. The molecule has 2 aromatic carbocycles. The number of methoxy groups -OCH3 is 1. The molecule has 9 heteroatoms. The average molecular weight is 509 g/mol. The SMILES string of the molecule is COc1ccc(COC(=O)C2=C([C@H]3CCCO3)CS[C@@H]3[C@H](NC(=O)Cc4ccccc4)C(=O)N23)cc1. The number of nitrogens with zero attached hydrogens (tertiary/aromatic N) is 1. The molecule has 0 bridgehead atoms. The summed E-state index contributed by atoms with van der Waals surface area (Å²) >= 11 is 1.54. The number of thioether (sulfide) groups is 1. The zero-order chi connectivity index (χ0) is 25.1. The molecule has 0 radical (unpaired) electrons.